The van der Waals surface area contributed by atoms with Crippen LogP contribution < -0.4 is 0 Å². The molecule has 1 heterocycles. The fourth-order valence-electron chi connectivity index (χ4n) is 8.63. The third-order valence-corrected chi connectivity index (χ3v) is 12.3. The highest BCUT2D eigenvalue weighted by molar-refractivity contribution is 5.82. The number of benzene rings is 5. The zero-order valence-corrected chi connectivity index (χ0v) is 40.5. The SMILES string of the molecule is CC1=CC(C(C)(C)C)=CCC(C)=C1c1ccc(C)cc1.Cc1cc(C(C)(C)C)cc(C)c1-c1ccc(-c2ncnc(-c3ccc(-c4c(C)cc(C(C)(C)C)cc4C)cc3)n2)cc1. The predicted octanol–water partition coefficient (Wildman–Crippen LogP) is 16.5. The number of allylic oxidation sites excluding steroid dienone is 6. The summed E-state index contributed by atoms with van der Waals surface area (Å²) in [5.41, 5.74) is 23.7. The summed E-state index contributed by atoms with van der Waals surface area (Å²) in [5, 5.41) is 0. The third kappa shape index (κ3) is 10.5. The zero-order valence-electron chi connectivity index (χ0n) is 40.5. The number of aromatic nitrogens is 3. The molecule has 3 nitrogen and oxygen atoms in total. The second kappa shape index (κ2) is 18.0. The van der Waals surface area contributed by atoms with Crippen LogP contribution in [-0.2, 0) is 10.8 Å². The van der Waals surface area contributed by atoms with Crippen LogP contribution in [0.5, 0.6) is 0 Å². The van der Waals surface area contributed by atoms with Gasteiger partial charge in [0.15, 0.2) is 11.6 Å². The summed E-state index contributed by atoms with van der Waals surface area (Å²) in [6, 6.07) is 35.3. The second-order valence-electron chi connectivity index (χ2n) is 20.7. The lowest BCUT2D eigenvalue weighted by Gasteiger charge is -2.22. The molecule has 0 N–H and O–H groups in total. The molecule has 1 aromatic heterocycles. The molecule has 0 amide bonds. The predicted molar refractivity (Wildman–Crippen MR) is 268 cm³/mol. The number of hydrogen-bond acceptors (Lipinski definition) is 3. The van der Waals surface area contributed by atoms with Crippen LogP contribution in [0.15, 0.2) is 132 Å². The topological polar surface area (TPSA) is 38.7 Å². The summed E-state index contributed by atoms with van der Waals surface area (Å²) in [7, 11) is 0. The summed E-state index contributed by atoms with van der Waals surface area (Å²) in [4.78, 5) is 13.9. The van der Waals surface area contributed by atoms with Gasteiger partial charge in [-0.3, -0.25) is 0 Å². The first-order chi connectivity index (χ1) is 29.0. The molecule has 0 aliphatic heterocycles. The molecule has 0 saturated heterocycles. The van der Waals surface area contributed by atoms with Crippen molar-refractivity contribution in [2.75, 3.05) is 0 Å². The van der Waals surface area contributed by atoms with Crippen LogP contribution in [-0.4, -0.2) is 15.0 Å². The van der Waals surface area contributed by atoms with Gasteiger partial charge in [-0.1, -0.05) is 183 Å². The fraction of sp³-hybridized carbons (Fsp3) is 0.339. The molecule has 320 valence electrons. The van der Waals surface area contributed by atoms with E-state index in [2.05, 4.69) is 230 Å². The average Bonchev–Trinajstić information content (AvgIpc) is 3.35. The Morgan fingerprint density at radius 2 is 0.806 bits per heavy atom. The van der Waals surface area contributed by atoms with Gasteiger partial charge in [-0.2, -0.15) is 0 Å². The quantitative estimate of drug-likeness (QED) is 0.174. The number of aryl methyl sites for hydroxylation is 5. The summed E-state index contributed by atoms with van der Waals surface area (Å²) in [6.45, 7) is 35.9. The zero-order chi connectivity index (χ0) is 45.3. The molecule has 7 rings (SSSR count). The van der Waals surface area contributed by atoms with E-state index in [0.29, 0.717) is 11.6 Å². The minimum atomic E-state index is 0.129. The van der Waals surface area contributed by atoms with Gasteiger partial charge in [0, 0.05) is 11.1 Å². The third-order valence-electron chi connectivity index (χ3n) is 12.3. The minimum Gasteiger partial charge on any atom is -0.217 e. The highest BCUT2D eigenvalue weighted by atomic mass is 15.0. The Bertz CT molecular complexity index is 2490. The second-order valence-corrected chi connectivity index (χ2v) is 20.7. The molecular weight excluding hydrogens is 751 g/mol. The molecule has 62 heavy (non-hydrogen) atoms. The molecule has 1 aliphatic carbocycles. The van der Waals surface area contributed by atoms with E-state index in [9.17, 15) is 0 Å². The average molecular weight is 820 g/mol. The van der Waals surface area contributed by atoms with Crippen molar-refractivity contribution in [3.05, 3.63) is 177 Å². The van der Waals surface area contributed by atoms with Gasteiger partial charge in [-0.25, -0.2) is 15.0 Å². The van der Waals surface area contributed by atoms with Gasteiger partial charge in [-0.15, -0.1) is 0 Å². The Labute approximate surface area is 374 Å². The number of nitrogens with zero attached hydrogens (tertiary/aromatic N) is 3. The molecule has 1 aliphatic rings. The van der Waals surface area contributed by atoms with Crippen molar-refractivity contribution in [1.82, 2.24) is 15.0 Å². The van der Waals surface area contributed by atoms with Gasteiger partial charge >= 0.3 is 0 Å². The fourth-order valence-corrected chi connectivity index (χ4v) is 8.63. The van der Waals surface area contributed by atoms with Crippen molar-refractivity contribution >= 4 is 5.57 Å². The maximum absolute atomic E-state index is 4.84. The van der Waals surface area contributed by atoms with E-state index in [0.717, 1.165) is 17.5 Å². The first-order valence-corrected chi connectivity index (χ1v) is 22.3. The molecule has 0 atom stereocenters. The lowest BCUT2D eigenvalue weighted by atomic mass is 9.82. The van der Waals surface area contributed by atoms with Crippen molar-refractivity contribution in [3.8, 4) is 45.0 Å². The molecular formula is C59H69N3. The van der Waals surface area contributed by atoms with E-state index in [-0.39, 0.29) is 16.2 Å². The Kier molecular flexibility index (Phi) is 13.3. The van der Waals surface area contributed by atoms with E-state index >= 15 is 0 Å². The van der Waals surface area contributed by atoms with Crippen molar-refractivity contribution in [2.24, 2.45) is 5.41 Å². The molecule has 0 spiro atoms. The summed E-state index contributed by atoms with van der Waals surface area (Å²) >= 11 is 0. The van der Waals surface area contributed by atoms with E-state index < -0.39 is 0 Å². The van der Waals surface area contributed by atoms with Crippen LogP contribution in [0.1, 0.15) is 127 Å². The van der Waals surface area contributed by atoms with Crippen molar-refractivity contribution < 1.29 is 0 Å². The lowest BCUT2D eigenvalue weighted by Crippen LogP contribution is -2.12. The van der Waals surface area contributed by atoms with Gasteiger partial charge < -0.3 is 0 Å². The van der Waals surface area contributed by atoms with Gasteiger partial charge in [0.05, 0.1) is 0 Å². The lowest BCUT2D eigenvalue weighted by molar-refractivity contribution is 0.515. The molecule has 3 heteroatoms. The number of rotatable bonds is 5. The maximum Gasteiger partial charge on any atom is 0.163 e. The van der Waals surface area contributed by atoms with Gasteiger partial charge in [0.1, 0.15) is 6.33 Å². The van der Waals surface area contributed by atoms with Crippen molar-refractivity contribution in [1.29, 1.82) is 0 Å². The smallest absolute Gasteiger partial charge is 0.163 e. The molecule has 0 unspecified atom stereocenters. The van der Waals surface area contributed by atoms with Gasteiger partial charge in [-0.05, 0) is 149 Å². The largest absolute Gasteiger partial charge is 0.217 e. The first-order valence-electron chi connectivity index (χ1n) is 22.3. The summed E-state index contributed by atoms with van der Waals surface area (Å²) in [5.74, 6) is 1.35. The summed E-state index contributed by atoms with van der Waals surface area (Å²) in [6.07, 6.45) is 7.41. The van der Waals surface area contributed by atoms with Crippen LogP contribution in [0.3, 0.4) is 0 Å². The van der Waals surface area contributed by atoms with E-state index in [1.54, 1.807) is 6.33 Å². The Morgan fingerprint density at radius 3 is 1.18 bits per heavy atom. The first kappa shape index (κ1) is 45.8. The van der Waals surface area contributed by atoms with Crippen molar-refractivity contribution in [2.45, 2.75) is 128 Å². The number of hydrogen-bond donors (Lipinski definition) is 0. The van der Waals surface area contributed by atoms with Crippen molar-refractivity contribution in [3.63, 3.8) is 0 Å². The Morgan fingerprint density at radius 1 is 0.435 bits per heavy atom. The van der Waals surface area contributed by atoms with Gasteiger partial charge in [0.25, 0.3) is 0 Å². The summed E-state index contributed by atoms with van der Waals surface area (Å²) < 4.78 is 0. The molecule has 5 aromatic carbocycles. The minimum absolute atomic E-state index is 0.129. The standard InChI is InChI=1S/C39H43N3.C20H26/c1-24-19-32(38(5,6)7)20-25(2)34(24)28-11-15-30(16-12-28)36-40-23-41-37(42-36)31-17-13-29(14-18-31)35-26(3)21-33(22-27(35)4)39(8,9)10;1-14-7-10-17(11-8-14)19-15(2)9-12-18(13-16(19)3)20(4,5)6/h11-23H,1-10H3;7-8,10-13H,9H2,1-6H3. The normalized spacial score (nSPS) is 13.5. The van der Waals surface area contributed by atoms with Crippen LogP contribution in [0.25, 0.3) is 50.6 Å². The van der Waals surface area contributed by atoms with Crippen LogP contribution >= 0.6 is 0 Å². The highest BCUT2D eigenvalue weighted by Gasteiger charge is 2.21. The maximum atomic E-state index is 4.84. The molecule has 6 aromatic rings. The van der Waals surface area contributed by atoms with Crippen LogP contribution in [0.2, 0.25) is 0 Å². The molecule has 0 radical (unpaired) electrons. The Balaban J connectivity index is 0.000000268. The van der Waals surface area contributed by atoms with E-state index in [1.807, 2.05) is 0 Å². The monoisotopic (exact) mass is 820 g/mol. The van der Waals surface area contributed by atoms with Crippen LogP contribution in [0, 0.1) is 40.0 Å². The highest BCUT2D eigenvalue weighted by Crippen LogP contribution is 2.38. The van der Waals surface area contributed by atoms with E-state index in [4.69, 9.17) is 4.98 Å². The molecule has 0 fully saturated rings. The van der Waals surface area contributed by atoms with Crippen LogP contribution in [0.4, 0.5) is 0 Å². The molecule has 0 bridgehead atoms. The molecule has 0 saturated carbocycles. The van der Waals surface area contributed by atoms with E-state index in [1.165, 1.54) is 89.1 Å². The Hall–Kier alpha value is -5.67. The van der Waals surface area contributed by atoms with Gasteiger partial charge in [0.2, 0.25) is 0 Å².